The van der Waals surface area contributed by atoms with E-state index in [-0.39, 0.29) is 29.4 Å². The van der Waals surface area contributed by atoms with Crippen LogP contribution in [0.15, 0.2) is 30.3 Å². The summed E-state index contributed by atoms with van der Waals surface area (Å²) in [4.78, 5) is 30.5. The van der Waals surface area contributed by atoms with Crippen LogP contribution in [0.3, 0.4) is 0 Å². The summed E-state index contributed by atoms with van der Waals surface area (Å²) >= 11 is 0. The van der Waals surface area contributed by atoms with Gasteiger partial charge in [-0.3, -0.25) is 14.5 Å². The smallest absolute Gasteiger partial charge is 0.245 e. The first-order valence-corrected chi connectivity index (χ1v) is 13.0. The van der Waals surface area contributed by atoms with Crippen molar-refractivity contribution >= 4 is 17.5 Å². The molecule has 2 aliphatic heterocycles. The number of para-hydroxylation sites is 1. The van der Waals surface area contributed by atoms with Crippen molar-refractivity contribution in [3.8, 4) is 0 Å². The van der Waals surface area contributed by atoms with E-state index in [2.05, 4.69) is 36.3 Å². The van der Waals surface area contributed by atoms with Gasteiger partial charge in [0.1, 0.15) is 6.04 Å². The molecule has 2 amide bonds. The lowest BCUT2D eigenvalue weighted by Crippen LogP contribution is -2.57. The van der Waals surface area contributed by atoms with Gasteiger partial charge in [-0.15, -0.1) is 0 Å². The quantitative estimate of drug-likeness (QED) is 0.656. The van der Waals surface area contributed by atoms with Crippen molar-refractivity contribution in [3.05, 3.63) is 30.3 Å². The average Bonchev–Trinajstić information content (AvgIpc) is 3.12. The highest BCUT2D eigenvalue weighted by molar-refractivity contribution is 5.86. The van der Waals surface area contributed by atoms with Crippen LogP contribution in [-0.4, -0.2) is 65.4 Å². The number of fused-ring (bicyclic) bond motifs is 1. The molecule has 182 valence electrons. The lowest BCUT2D eigenvalue weighted by atomic mass is 9.72. The summed E-state index contributed by atoms with van der Waals surface area (Å²) in [7, 11) is 0. The second-order valence-electron chi connectivity index (χ2n) is 11.3. The molecule has 6 heteroatoms. The van der Waals surface area contributed by atoms with Gasteiger partial charge in [-0.2, -0.15) is 0 Å². The van der Waals surface area contributed by atoms with E-state index in [1.807, 2.05) is 35.2 Å². The third kappa shape index (κ3) is 6.28. The van der Waals surface area contributed by atoms with Gasteiger partial charge in [-0.1, -0.05) is 37.5 Å². The van der Waals surface area contributed by atoms with Crippen LogP contribution < -0.4 is 10.6 Å². The molecule has 1 aliphatic carbocycles. The van der Waals surface area contributed by atoms with Crippen LogP contribution in [0, 0.1) is 11.8 Å². The van der Waals surface area contributed by atoms with E-state index in [9.17, 15) is 9.59 Å². The molecule has 4 unspecified atom stereocenters. The number of carbonyl (C=O) groups excluding carboxylic acids is 2. The number of likely N-dealkylation sites (tertiary alicyclic amines) is 2. The molecule has 0 radical (unpaired) electrons. The number of carbonyl (C=O) groups is 2. The van der Waals surface area contributed by atoms with E-state index in [4.69, 9.17) is 0 Å². The Labute approximate surface area is 199 Å². The number of piperidine rings is 1. The second kappa shape index (κ2) is 10.5. The third-order valence-electron chi connectivity index (χ3n) is 7.59. The Morgan fingerprint density at radius 1 is 1.03 bits per heavy atom. The van der Waals surface area contributed by atoms with Gasteiger partial charge >= 0.3 is 0 Å². The van der Waals surface area contributed by atoms with Crippen LogP contribution >= 0.6 is 0 Å². The summed E-state index contributed by atoms with van der Waals surface area (Å²) < 4.78 is 0. The van der Waals surface area contributed by atoms with Crippen LogP contribution in [-0.2, 0) is 9.59 Å². The van der Waals surface area contributed by atoms with Crippen LogP contribution in [0.25, 0.3) is 0 Å². The number of benzene rings is 1. The maximum absolute atomic E-state index is 13.2. The van der Waals surface area contributed by atoms with Gasteiger partial charge in [-0.05, 0) is 70.4 Å². The zero-order valence-corrected chi connectivity index (χ0v) is 20.7. The highest BCUT2D eigenvalue weighted by Gasteiger charge is 2.40. The van der Waals surface area contributed by atoms with E-state index in [1.165, 1.54) is 25.7 Å². The third-order valence-corrected chi connectivity index (χ3v) is 7.59. The lowest BCUT2D eigenvalue weighted by molar-refractivity contribution is -0.132. The van der Waals surface area contributed by atoms with Gasteiger partial charge in [0, 0.05) is 37.4 Å². The Morgan fingerprint density at radius 3 is 2.48 bits per heavy atom. The minimum atomic E-state index is -0.213. The minimum Gasteiger partial charge on any atom is -0.374 e. The molecule has 1 aromatic carbocycles. The largest absolute Gasteiger partial charge is 0.374 e. The van der Waals surface area contributed by atoms with E-state index in [0.29, 0.717) is 5.92 Å². The van der Waals surface area contributed by atoms with Crippen molar-refractivity contribution in [1.29, 1.82) is 0 Å². The molecular weight excluding hydrogens is 412 g/mol. The topological polar surface area (TPSA) is 64.7 Å². The molecule has 3 aliphatic rings. The molecule has 0 bridgehead atoms. The van der Waals surface area contributed by atoms with Crippen LogP contribution in [0.1, 0.15) is 65.7 Å². The highest BCUT2D eigenvalue weighted by Crippen LogP contribution is 2.38. The first-order chi connectivity index (χ1) is 15.8. The van der Waals surface area contributed by atoms with Gasteiger partial charge < -0.3 is 15.5 Å². The predicted molar refractivity (Wildman–Crippen MR) is 133 cm³/mol. The van der Waals surface area contributed by atoms with Crippen molar-refractivity contribution in [3.63, 3.8) is 0 Å². The van der Waals surface area contributed by atoms with Crippen molar-refractivity contribution in [1.82, 2.24) is 15.1 Å². The summed E-state index contributed by atoms with van der Waals surface area (Å²) in [6, 6.07) is 9.81. The number of hydrogen-bond donors (Lipinski definition) is 2. The summed E-state index contributed by atoms with van der Waals surface area (Å²) in [5, 5.41) is 6.61. The minimum absolute atomic E-state index is 0.0367. The molecule has 2 saturated heterocycles. The molecule has 1 aromatic rings. The summed E-state index contributed by atoms with van der Waals surface area (Å²) in [6.45, 7) is 9.65. The molecule has 1 saturated carbocycles. The second-order valence-corrected chi connectivity index (χ2v) is 11.3. The number of anilines is 1. The first-order valence-electron chi connectivity index (χ1n) is 13.0. The molecule has 3 fully saturated rings. The van der Waals surface area contributed by atoms with Gasteiger partial charge in [0.05, 0.1) is 6.04 Å². The van der Waals surface area contributed by atoms with Crippen LogP contribution in [0.2, 0.25) is 0 Å². The number of nitrogens with one attached hydrogen (secondary N) is 2. The average molecular weight is 455 g/mol. The SMILES string of the molecule is CC(C)(C)NC(=O)C1CC2CCCCC2CN1CCCN1CCC(Nc2ccccc2)C1=O. The Balaban J connectivity index is 1.31. The molecule has 4 atom stereocenters. The monoisotopic (exact) mass is 454 g/mol. The van der Waals surface area contributed by atoms with E-state index < -0.39 is 0 Å². The van der Waals surface area contributed by atoms with Crippen molar-refractivity contribution in [2.75, 3.05) is 31.5 Å². The highest BCUT2D eigenvalue weighted by atomic mass is 16.2. The number of nitrogens with zero attached hydrogens (tertiary/aromatic N) is 2. The van der Waals surface area contributed by atoms with Gasteiger partial charge in [0.15, 0.2) is 0 Å². The zero-order chi connectivity index (χ0) is 23.4. The number of amides is 2. The lowest BCUT2D eigenvalue weighted by Gasteiger charge is -2.46. The fourth-order valence-corrected chi connectivity index (χ4v) is 5.97. The van der Waals surface area contributed by atoms with Crippen molar-refractivity contribution < 1.29 is 9.59 Å². The molecule has 33 heavy (non-hydrogen) atoms. The van der Waals surface area contributed by atoms with Gasteiger partial charge in [0.2, 0.25) is 11.8 Å². The van der Waals surface area contributed by atoms with Gasteiger partial charge in [0.25, 0.3) is 0 Å². The zero-order valence-electron chi connectivity index (χ0n) is 20.7. The van der Waals surface area contributed by atoms with Crippen molar-refractivity contribution in [2.24, 2.45) is 11.8 Å². The summed E-state index contributed by atoms with van der Waals surface area (Å²) in [5.41, 5.74) is 0.787. The Bertz CT molecular complexity index is 806. The number of hydrogen-bond acceptors (Lipinski definition) is 4. The Morgan fingerprint density at radius 2 is 1.76 bits per heavy atom. The standard InChI is InChI=1S/C27H42N4O2/c1-27(2,3)29-25(32)24-18-20-10-7-8-11-21(20)19-31(24)16-9-15-30-17-14-23(26(30)33)28-22-12-5-4-6-13-22/h4-6,12-13,20-21,23-24,28H,7-11,14-19H2,1-3H3,(H,29,32). The maximum atomic E-state index is 13.2. The normalized spacial score (nSPS) is 28.5. The van der Waals surface area contributed by atoms with E-state index >= 15 is 0 Å². The van der Waals surface area contributed by atoms with Crippen LogP contribution in [0.5, 0.6) is 0 Å². The molecule has 0 aromatic heterocycles. The maximum Gasteiger partial charge on any atom is 0.245 e. The fourth-order valence-electron chi connectivity index (χ4n) is 5.97. The molecular formula is C27H42N4O2. The Hall–Kier alpha value is -2.08. The Kier molecular flexibility index (Phi) is 7.62. The molecule has 4 rings (SSSR count). The van der Waals surface area contributed by atoms with Crippen LogP contribution in [0.4, 0.5) is 5.69 Å². The summed E-state index contributed by atoms with van der Waals surface area (Å²) in [5.74, 6) is 1.80. The first kappa shape index (κ1) is 24.1. The van der Waals surface area contributed by atoms with Gasteiger partial charge in [-0.25, -0.2) is 0 Å². The molecule has 6 nitrogen and oxygen atoms in total. The van der Waals surface area contributed by atoms with Crippen molar-refractivity contribution in [2.45, 2.75) is 83.3 Å². The molecule has 2 heterocycles. The van der Waals surface area contributed by atoms with E-state index in [0.717, 1.165) is 57.0 Å². The molecule has 0 spiro atoms. The summed E-state index contributed by atoms with van der Waals surface area (Å²) in [6.07, 6.45) is 7.95. The predicted octanol–water partition coefficient (Wildman–Crippen LogP) is 3.88. The number of rotatable bonds is 7. The molecule has 2 N–H and O–H groups in total. The fraction of sp³-hybridized carbons (Fsp3) is 0.704. The van der Waals surface area contributed by atoms with E-state index in [1.54, 1.807) is 0 Å².